The molecule has 0 bridgehead atoms. The van der Waals surface area contributed by atoms with Crippen LogP contribution in [0.5, 0.6) is 0 Å². The zero-order valence-corrected chi connectivity index (χ0v) is 17.4. The predicted octanol–water partition coefficient (Wildman–Crippen LogP) is 3.08. The van der Waals surface area contributed by atoms with Gasteiger partial charge in [0.15, 0.2) is 0 Å². The summed E-state index contributed by atoms with van der Waals surface area (Å²) in [5.41, 5.74) is 0.594. The van der Waals surface area contributed by atoms with Crippen LogP contribution in [-0.4, -0.2) is 39.5 Å². The molecule has 2 heterocycles. The quantitative estimate of drug-likeness (QED) is 0.843. The van der Waals surface area contributed by atoms with Gasteiger partial charge in [-0.15, -0.1) is 0 Å². The summed E-state index contributed by atoms with van der Waals surface area (Å²) in [5, 5.41) is 3.76. The van der Waals surface area contributed by atoms with Crippen LogP contribution in [0, 0.1) is 5.92 Å². The first-order valence-corrected chi connectivity index (χ1v) is 11.1. The second-order valence-corrected chi connectivity index (χ2v) is 8.71. The third-order valence-electron chi connectivity index (χ3n) is 6.51. The molecule has 2 fully saturated rings. The van der Waals surface area contributed by atoms with E-state index >= 15 is 0 Å². The number of hydrogen-bond acceptors (Lipinski definition) is 4. The second-order valence-electron chi connectivity index (χ2n) is 8.71. The van der Waals surface area contributed by atoms with Crippen molar-refractivity contribution in [3.63, 3.8) is 0 Å². The van der Waals surface area contributed by atoms with Crippen LogP contribution in [-0.2, 0) is 17.9 Å². The van der Waals surface area contributed by atoms with E-state index in [0.29, 0.717) is 29.2 Å². The highest BCUT2D eigenvalue weighted by Gasteiger charge is 2.24. The molecule has 1 amide bonds. The molecular formula is C23H32N4O2. The molecule has 1 saturated carbocycles. The van der Waals surface area contributed by atoms with Gasteiger partial charge in [0.05, 0.1) is 17.4 Å². The molecule has 1 saturated heterocycles. The van der Waals surface area contributed by atoms with Crippen molar-refractivity contribution in [2.75, 3.05) is 13.1 Å². The van der Waals surface area contributed by atoms with E-state index in [4.69, 9.17) is 4.98 Å². The number of piperidine rings is 1. The average Bonchev–Trinajstić information content (AvgIpc) is 2.73. The summed E-state index contributed by atoms with van der Waals surface area (Å²) in [5.74, 6) is 1.11. The van der Waals surface area contributed by atoms with Gasteiger partial charge in [-0.25, -0.2) is 4.98 Å². The van der Waals surface area contributed by atoms with E-state index in [1.54, 1.807) is 10.6 Å². The van der Waals surface area contributed by atoms with Crippen LogP contribution < -0.4 is 10.9 Å². The molecule has 0 spiro atoms. The lowest BCUT2D eigenvalue weighted by Gasteiger charge is -2.30. The van der Waals surface area contributed by atoms with Gasteiger partial charge in [0.2, 0.25) is 5.91 Å². The van der Waals surface area contributed by atoms with Crippen molar-refractivity contribution in [1.82, 2.24) is 19.8 Å². The van der Waals surface area contributed by atoms with Gasteiger partial charge in [-0.3, -0.25) is 19.1 Å². The molecule has 2 atom stereocenters. The van der Waals surface area contributed by atoms with E-state index in [9.17, 15) is 9.59 Å². The molecule has 4 rings (SSSR count). The number of hydrogen-bond donors (Lipinski definition) is 1. The number of carbonyl (C=O) groups excluding carboxylic acids is 1. The number of amides is 1. The van der Waals surface area contributed by atoms with Crippen molar-refractivity contribution in [3.05, 3.63) is 40.4 Å². The molecule has 2 aliphatic rings. The molecule has 0 unspecified atom stereocenters. The van der Waals surface area contributed by atoms with E-state index in [1.807, 2.05) is 18.2 Å². The third-order valence-corrected chi connectivity index (χ3v) is 6.51. The van der Waals surface area contributed by atoms with Gasteiger partial charge in [0.1, 0.15) is 12.4 Å². The van der Waals surface area contributed by atoms with Gasteiger partial charge < -0.3 is 5.32 Å². The van der Waals surface area contributed by atoms with Crippen molar-refractivity contribution in [2.24, 2.45) is 5.92 Å². The van der Waals surface area contributed by atoms with Crippen molar-refractivity contribution in [3.8, 4) is 0 Å². The van der Waals surface area contributed by atoms with Crippen molar-refractivity contribution in [1.29, 1.82) is 0 Å². The van der Waals surface area contributed by atoms with E-state index in [1.165, 1.54) is 25.7 Å². The van der Waals surface area contributed by atoms with Crippen LogP contribution in [0.15, 0.2) is 29.1 Å². The Kier molecular flexibility index (Phi) is 6.28. The van der Waals surface area contributed by atoms with E-state index in [-0.39, 0.29) is 24.1 Å². The standard InChI is InChI=1S/C23H32N4O2/c1-17-9-3-5-11-19(17)25-22(28)16-27-21(15-26-13-7-2-8-14-26)24-20-12-6-4-10-18(20)23(27)29/h4,6,10,12,17,19H,2-3,5,7-9,11,13-16H2,1H3,(H,25,28)/t17-,19+/m0/s1. The lowest BCUT2D eigenvalue weighted by Crippen LogP contribution is -2.44. The first-order chi connectivity index (χ1) is 14.1. The molecule has 2 aromatic rings. The zero-order chi connectivity index (χ0) is 20.2. The molecule has 1 N–H and O–H groups in total. The summed E-state index contributed by atoms with van der Waals surface area (Å²) < 4.78 is 1.60. The maximum atomic E-state index is 13.2. The number of benzene rings is 1. The number of aromatic nitrogens is 2. The fourth-order valence-electron chi connectivity index (χ4n) is 4.74. The lowest BCUT2D eigenvalue weighted by molar-refractivity contribution is -0.123. The molecule has 0 radical (unpaired) electrons. The predicted molar refractivity (Wildman–Crippen MR) is 115 cm³/mol. The molecule has 1 aliphatic carbocycles. The van der Waals surface area contributed by atoms with Gasteiger partial charge in [-0.05, 0) is 56.8 Å². The first kappa shape index (κ1) is 20.1. The first-order valence-electron chi connectivity index (χ1n) is 11.1. The zero-order valence-electron chi connectivity index (χ0n) is 17.4. The lowest BCUT2D eigenvalue weighted by atomic mass is 9.86. The number of nitrogens with zero attached hydrogens (tertiary/aromatic N) is 3. The van der Waals surface area contributed by atoms with Crippen LogP contribution in [0.25, 0.3) is 10.9 Å². The summed E-state index contributed by atoms with van der Waals surface area (Å²) in [4.78, 5) is 33.2. The number of para-hydroxylation sites is 1. The van der Waals surface area contributed by atoms with Gasteiger partial charge in [-0.1, -0.05) is 38.3 Å². The van der Waals surface area contributed by atoms with E-state index in [2.05, 4.69) is 17.1 Å². The normalized spacial score (nSPS) is 23.2. The largest absolute Gasteiger partial charge is 0.352 e. The molecule has 1 aliphatic heterocycles. The topological polar surface area (TPSA) is 67.2 Å². The molecule has 1 aromatic carbocycles. The average molecular weight is 397 g/mol. The maximum Gasteiger partial charge on any atom is 0.261 e. The minimum atomic E-state index is -0.116. The molecule has 6 nitrogen and oxygen atoms in total. The number of likely N-dealkylation sites (tertiary alicyclic amines) is 1. The van der Waals surface area contributed by atoms with E-state index < -0.39 is 0 Å². The minimum Gasteiger partial charge on any atom is -0.352 e. The van der Waals surface area contributed by atoms with Gasteiger partial charge in [0.25, 0.3) is 5.56 Å². The Morgan fingerprint density at radius 2 is 1.86 bits per heavy atom. The monoisotopic (exact) mass is 396 g/mol. The van der Waals surface area contributed by atoms with Crippen LogP contribution >= 0.6 is 0 Å². The van der Waals surface area contributed by atoms with Gasteiger partial charge >= 0.3 is 0 Å². The Balaban J connectivity index is 1.60. The molecule has 156 valence electrons. The highest BCUT2D eigenvalue weighted by atomic mass is 16.2. The Bertz CT molecular complexity index is 917. The number of rotatable bonds is 5. The Morgan fingerprint density at radius 1 is 1.10 bits per heavy atom. The van der Waals surface area contributed by atoms with Crippen LogP contribution in [0.3, 0.4) is 0 Å². The number of fused-ring (bicyclic) bond motifs is 1. The number of carbonyl (C=O) groups is 1. The highest BCUT2D eigenvalue weighted by Crippen LogP contribution is 2.23. The van der Waals surface area contributed by atoms with Gasteiger partial charge in [0, 0.05) is 6.04 Å². The molecule has 6 heteroatoms. The Hall–Kier alpha value is -2.21. The van der Waals surface area contributed by atoms with Crippen LogP contribution in [0.2, 0.25) is 0 Å². The van der Waals surface area contributed by atoms with Crippen molar-refractivity contribution < 1.29 is 4.79 Å². The number of nitrogens with one attached hydrogen (secondary N) is 1. The minimum absolute atomic E-state index is 0.0447. The summed E-state index contributed by atoms with van der Waals surface area (Å²) in [6, 6.07) is 7.65. The molecule has 29 heavy (non-hydrogen) atoms. The fourth-order valence-corrected chi connectivity index (χ4v) is 4.74. The SMILES string of the molecule is C[C@H]1CCCC[C@H]1NC(=O)Cn1c(CN2CCCCC2)nc2ccccc2c1=O. The van der Waals surface area contributed by atoms with Crippen molar-refractivity contribution in [2.45, 2.75) is 71.0 Å². The van der Waals surface area contributed by atoms with Crippen molar-refractivity contribution >= 4 is 16.8 Å². The van der Waals surface area contributed by atoms with E-state index in [0.717, 1.165) is 32.4 Å². The van der Waals surface area contributed by atoms with Crippen LogP contribution in [0.1, 0.15) is 57.7 Å². The second kappa shape index (κ2) is 9.08. The Labute approximate surface area is 172 Å². The summed E-state index contributed by atoms with van der Waals surface area (Å²) >= 11 is 0. The van der Waals surface area contributed by atoms with Crippen LogP contribution in [0.4, 0.5) is 0 Å². The summed E-state index contributed by atoms with van der Waals surface area (Å²) in [6.45, 7) is 4.91. The summed E-state index contributed by atoms with van der Waals surface area (Å²) in [6.07, 6.45) is 8.20. The highest BCUT2D eigenvalue weighted by molar-refractivity contribution is 5.79. The molecule has 1 aromatic heterocycles. The fraction of sp³-hybridized carbons (Fsp3) is 0.609. The third kappa shape index (κ3) is 4.69. The Morgan fingerprint density at radius 3 is 2.66 bits per heavy atom. The van der Waals surface area contributed by atoms with Gasteiger partial charge in [-0.2, -0.15) is 0 Å². The smallest absolute Gasteiger partial charge is 0.261 e. The maximum absolute atomic E-state index is 13.2. The summed E-state index contributed by atoms with van der Waals surface area (Å²) in [7, 11) is 0. The molecular weight excluding hydrogens is 364 g/mol.